The molecule has 132 valence electrons. The van der Waals surface area contributed by atoms with Crippen molar-refractivity contribution in [2.75, 3.05) is 5.73 Å². The van der Waals surface area contributed by atoms with E-state index < -0.39 is 6.43 Å². The molecule has 0 bridgehead atoms. The second-order valence-electron chi connectivity index (χ2n) is 5.97. The van der Waals surface area contributed by atoms with Crippen molar-refractivity contribution in [3.05, 3.63) is 65.7 Å². The smallest absolute Gasteiger partial charge is 0.264 e. The molecule has 2 heterocycles. The molecule has 0 spiro atoms. The SMILES string of the molecule is N#Cc1cc(-c2cc(C(F)F)c3c(-c4ccccc4)n[nH]c3n2)ccc1N. The average molecular weight is 361 g/mol. The summed E-state index contributed by atoms with van der Waals surface area (Å²) in [6.07, 6.45) is -2.71. The van der Waals surface area contributed by atoms with E-state index in [1.165, 1.54) is 12.1 Å². The molecule has 5 nitrogen and oxygen atoms in total. The van der Waals surface area contributed by atoms with E-state index in [1.807, 2.05) is 24.3 Å². The minimum atomic E-state index is -2.71. The van der Waals surface area contributed by atoms with E-state index in [4.69, 9.17) is 11.0 Å². The Bertz CT molecular complexity index is 1180. The molecule has 0 atom stereocenters. The third kappa shape index (κ3) is 2.87. The van der Waals surface area contributed by atoms with Gasteiger partial charge in [-0.25, -0.2) is 13.8 Å². The number of aromatic amines is 1. The molecule has 0 aliphatic heterocycles. The minimum Gasteiger partial charge on any atom is -0.398 e. The van der Waals surface area contributed by atoms with Gasteiger partial charge >= 0.3 is 0 Å². The number of benzene rings is 2. The molecule has 0 amide bonds. The van der Waals surface area contributed by atoms with Crippen LogP contribution in [0.2, 0.25) is 0 Å². The number of fused-ring (bicyclic) bond motifs is 1. The number of rotatable bonds is 3. The van der Waals surface area contributed by atoms with Gasteiger partial charge in [-0.05, 0) is 18.2 Å². The number of nitrogens with one attached hydrogen (secondary N) is 1. The Balaban J connectivity index is 1.95. The monoisotopic (exact) mass is 361 g/mol. The van der Waals surface area contributed by atoms with Gasteiger partial charge in [0, 0.05) is 22.4 Å². The maximum absolute atomic E-state index is 13.8. The minimum absolute atomic E-state index is 0.169. The number of nitrogen functional groups attached to an aromatic ring is 1. The van der Waals surface area contributed by atoms with Crippen LogP contribution in [-0.4, -0.2) is 15.2 Å². The van der Waals surface area contributed by atoms with Crippen molar-refractivity contribution in [1.29, 1.82) is 5.26 Å². The number of hydrogen-bond donors (Lipinski definition) is 2. The Morgan fingerprint density at radius 1 is 1.04 bits per heavy atom. The van der Waals surface area contributed by atoms with Crippen molar-refractivity contribution in [2.24, 2.45) is 0 Å². The van der Waals surface area contributed by atoms with E-state index in [-0.39, 0.29) is 22.2 Å². The van der Waals surface area contributed by atoms with Crippen LogP contribution >= 0.6 is 0 Å². The zero-order valence-corrected chi connectivity index (χ0v) is 13.9. The van der Waals surface area contributed by atoms with Gasteiger partial charge in [-0.2, -0.15) is 10.4 Å². The van der Waals surface area contributed by atoms with Crippen molar-refractivity contribution in [3.8, 4) is 28.6 Å². The second kappa shape index (κ2) is 6.50. The van der Waals surface area contributed by atoms with Crippen LogP contribution in [0.5, 0.6) is 0 Å². The summed E-state index contributed by atoms with van der Waals surface area (Å²) in [5, 5.41) is 16.4. The van der Waals surface area contributed by atoms with E-state index in [9.17, 15) is 8.78 Å². The lowest BCUT2D eigenvalue weighted by Gasteiger charge is -2.09. The van der Waals surface area contributed by atoms with E-state index in [0.29, 0.717) is 22.6 Å². The largest absolute Gasteiger partial charge is 0.398 e. The number of H-pyrrole nitrogens is 1. The van der Waals surface area contributed by atoms with Gasteiger partial charge in [0.1, 0.15) is 11.8 Å². The fourth-order valence-electron chi connectivity index (χ4n) is 3.00. The first-order valence-corrected chi connectivity index (χ1v) is 8.11. The van der Waals surface area contributed by atoms with Crippen LogP contribution in [0, 0.1) is 11.3 Å². The quantitative estimate of drug-likeness (QED) is 0.518. The molecule has 0 fully saturated rings. The molecule has 27 heavy (non-hydrogen) atoms. The van der Waals surface area contributed by atoms with Crippen LogP contribution in [0.3, 0.4) is 0 Å². The normalized spacial score (nSPS) is 11.0. The summed E-state index contributed by atoms with van der Waals surface area (Å²) < 4.78 is 27.7. The topological polar surface area (TPSA) is 91.4 Å². The zero-order chi connectivity index (χ0) is 19.0. The van der Waals surface area contributed by atoms with Crippen LogP contribution < -0.4 is 5.73 Å². The number of aromatic nitrogens is 3. The molecular formula is C20H13F2N5. The summed E-state index contributed by atoms with van der Waals surface area (Å²) >= 11 is 0. The molecule has 2 aromatic carbocycles. The molecule has 3 N–H and O–H groups in total. The van der Waals surface area contributed by atoms with Crippen LogP contribution in [0.1, 0.15) is 17.6 Å². The summed E-state index contributed by atoms with van der Waals surface area (Å²) in [5.41, 5.74) is 8.41. The number of pyridine rings is 1. The third-order valence-electron chi connectivity index (χ3n) is 4.31. The summed E-state index contributed by atoms with van der Waals surface area (Å²) in [6.45, 7) is 0. The molecule has 0 aliphatic rings. The fraction of sp³-hybridized carbons (Fsp3) is 0.0500. The third-order valence-corrected chi connectivity index (χ3v) is 4.31. The average Bonchev–Trinajstić information content (AvgIpc) is 3.12. The lowest BCUT2D eigenvalue weighted by atomic mass is 10.0. The Morgan fingerprint density at radius 2 is 1.81 bits per heavy atom. The number of alkyl halides is 2. The molecule has 4 rings (SSSR count). The molecular weight excluding hydrogens is 348 g/mol. The Hall–Kier alpha value is -3.79. The first-order chi connectivity index (χ1) is 13.1. The zero-order valence-electron chi connectivity index (χ0n) is 13.9. The second-order valence-corrected chi connectivity index (χ2v) is 5.97. The standard InChI is InChI=1S/C20H13F2N5/c21-19(22)14-9-16(12-6-7-15(24)13(8-12)10-23)25-20-17(14)18(26-27-20)11-4-2-1-3-5-11/h1-9,19H,24H2,(H,25,26,27). The van der Waals surface area contributed by atoms with Crippen molar-refractivity contribution in [2.45, 2.75) is 6.43 Å². The molecule has 2 aromatic heterocycles. The highest BCUT2D eigenvalue weighted by Gasteiger charge is 2.21. The van der Waals surface area contributed by atoms with Crippen LogP contribution in [0.25, 0.3) is 33.5 Å². The molecule has 7 heteroatoms. The van der Waals surface area contributed by atoms with E-state index >= 15 is 0 Å². The summed E-state index contributed by atoms with van der Waals surface area (Å²) in [4.78, 5) is 4.44. The Morgan fingerprint density at radius 3 is 2.52 bits per heavy atom. The van der Waals surface area contributed by atoms with Gasteiger partial charge in [-0.15, -0.1) is 0 Å². The van der Waals surface area contributed by atoms with Gasteiger partial charge in [0.2, 0.25) is 0 Å². The number of halogens is 2. The van der Waals surface area contributed by atoms with Gasteiger partial charge in [-0.3, -0.25) is 5.10 Å². The van der Waals surface area contributed by atoms with Gasteiger partial charge in [-0.1, -0.05) is 36.4 Å². The fourth-order valence-corrected chi connectivity index (χ4v) is 3.00. The first-order valence-electron chi connectivity index (χ1n) is 8.11. The van der Waals surface area contributed by atoms with Gasteiger partial charge < -0.3 is 5.73 Å². The highest BCUT2D eigenvalue weighted by Crippen LogP contribution is 2.36. The number of nitriles is 1. The first kappa shape index (κ1) is 16.7. The van der Waals surface area contributed by atoms with Crippen molar-refractivity contribution < 1.29 is 8.78 Å². The van der Waals surface area contributed by atoms with Gasteiger partial charge in [0.25, 0.3) is 6.43 Å². The summed E-state index contributed by atoms with van der Waals surface area (Å²) in [5.74, 6) is 0. The highest BCUT2D eigenvalue weighted by atomic mass is 19.3. The lowest BCUT2D eigenvalue weighted by Crippen LogP contribution is -1.95. The summed E-state index contributed by atoms with van der Waals surface area (Å²) in [6, 6.07) is 17.1. The molecule has 0 unspecified atom stereocenters. The summed E-state index contributed by atoms with van der Waals surface area (Å²) in [7, 11) is 0. The number of anilines is 1. The molecule has 0 saturated carbocycles. The van der Waals surface area contributed by atoms with Crippen molar-refractivity contribution in [1.82, 2.24) is 15.2 Å². The van der Waals surface area contributed by atoms with E-state index in [2.05, 4.69) is 15.2 Å². The van der Waals surface area contributed by atoms with Crippen molar-refractivity contribution in [3.63, 3.8) is 0 Å². The van der Waals surface area contributed by atoms with Crippen LogP contribution in [0.4, 0.5) is 14.5 Å². The van der Waals surface area contributed by atoms with Gasteiger partial charge in [0.15, 0.2) is 5.65 Å². The highest BCUT2D eigenvalue weighted by molar-refractivity contribution is 5.95. The van der Waals surface area contributed by atoms with Crippen molar-refractivity contribution >= 4 is 16.7 Å². The Labute approximate surface area is 153 Å². The number of hydrogen-bond acceptors (Lipinski definition) is 4. The maximum Gasteiger partial charge on any atom is 0.264 e. The maximum atomic E-state index is 13.8. The number of nitrogens with zero attached hydrogens (tertiary/aromatic N) is 3. The van der Waals surface area contributed by atoms with E-state index in [1.54, 1.807) is 24.3 Å². The Kier molecular flexibility index (Phi) is 4.01. The molecule has 4 aromatic rings. The van der Waals surface area contributed by atoms with Gasteiger partial charge in [0.05, 0.1) is 16.6 Å². The predicted octanol–water partition coefficient (Wildman–Crippen LogP) is 4.68. The molecule has 0 saturated heterocycles. The van der Waals surface area contributed by atoms with E-state index in [0.717, 1.165) is 5.56 Å². The lowest BCUT2D eigenvalue weighted by molar-refractivity contribution is 0.153. The van der Waals surface area contributed by atoms with Crippen LogP contribution in [0.15, 0.2) is 54.6 Å². The molecule has 0 radical (unpaired) electrons. The van der Waals surface area contributed by atoms with Crippen LogP contribution in [-0.2, 0) is 0 Å². The predicted molar refractivity (Wildman–Crippen MR) is 98.8 cm³/mol. The number of nitrogens with two attached hydrogens (primary N) is 1. The molecule has 0 aliphatic carbocycles.